The van der Waals surface area contributed by atoms with E-state index in [-0.39, 0.29) is 11.3 Å². The summed E-state index contributed by atoms with van der Waals surface area (Å²) in [6.07, 6.45) is 0. The average molecular weight is 327 g/mol. The SMILES string of the molecule is O=C(O)c1ccc(N2CCN(c3ccccc3)CC2)c([N+](=O)[O-])c1. The molecule has 7 heteroatoms. The maximum atomic E-state index is 11.3. The third-order valence-corrected chi connectivity index (χ3v) is 4.16. The lowest BCUT2D eigenvalue weighted by Gasteiger charge is -2.37. The van der Waals surface area contributed by atoms with Gasteiger partial charge in [-0.1, -0.05) is 18.2 Å². The molecule has 0 radical (unpaired) electrons. The van der Waals surface area contributed by atoms with Gasteiger partial charge < -0.3 is 14.9 Å². The number of hydrogen-bond donors (Lipinski definition) is 1. The number of carboxylic acid groups (broad SMARTS) is 1. The van der Waals surface area contributed by atoms with Crippen LogP contribution in [0.15, 0.2) is 48.5 Å². The van der Waals surface area contributed by atoms with Crippen LogP contribution in [0.5, 0.6) is 0 Å². The molecule has 124 valence electrons. The Hall–Kier alpha value is -3.09. The second-order valence-corrected chi connectivity index (χ2v) is 5.58. The van der Waals surface area contributed by atoms with E-state index in [0.29, 0.717) is 18.8 Å². The summed E-state index contributed by atoms with van der Waals surface area (Å²) in [5.41, 5.74) is 1.36. The first-order chi connectivity index (χ1) is 11.6. The molecule has 1 heterocycles. The second-order valence-electron chi connectivity index (χ2n) is 5.58. The van der Waals surface area contributed by atoms with Crippen molar-refractivity contribution in [3.8, 4) is 0 Å². The Morgan fingerprint density at radius 1 is 1.00 bits per heavy atom. The number of aromatic carboxylic acids is 1. The molecule has 0 bridgehead atoms. The summed E-state index contributed by atoms with van der Waals surface area (Å²) in [6, 6.07) is 14.1. The number of carboxylic acids is 1. The topological polar surface area (TPSA) is 86.9 Å². The standard InChI is InChI=1S/C17H17N3O4/c21-17(22)13-6-7-15(16(12-13)20(23)24)19-10-8-18(9-11-19)14-4-2-1-3-5-14/h1-7,12H,8-11H2,(H,21,22). The lowest BCUT2D eigenvalue weighted by Crippen LogP contribution is -2.46. The Bertz CT molecular complexity index is 756. The summed E-state index contributed by atoms with van der Waals surface area (Å²) in [6.45, 7) is 2.79. The number of anilines is 2. The van der Waals surface area contributed by atoms with E-state index in [2.05, 4.69) is 4.90 Å². The van der Waals surface area contributed by atoms with Crippen LogP contribution in [-0.2, 0) is 0 Å². The zero-order valence-electron chi connectivity index (χ0n) is 13.0. The summed E-state index contributed by atoms with van der Waals surface area (Å²) in [7, 11) is 0. The summed E-state index contributed by atoms with van der Waals surface area (Å²) in [4.78, 5) is 26.0. The van der Waals surface area contributed by atoms with Crippen molar-refractivity contribution < 1.29 is 14.8 Å². The van der Waals surface area contributed by atoms with Gasteiger partial charge in [0.05, 0.1) is 10.5 Å². The van der Waals surface area contributed by atoms with Crippen LogP contribution >= 0.6 is 0 Å². The molecule has 24 heavy (non-hydrogen) atoms. The predicted octanol–water partition coefficient (Wildman–Crippen LogP) is 2.62. The van der Waals surface area contributed by atoms with Crippen molar-refractivity contribution >= 4 is 23.0 Å². The minimum Gasteiger partial charge on any atom is -0.478 e. The fourth-order valence-electron chi connectivity index (χ4n) is 2.91. The van der Waals surface area contributed by atoms with Gasteiger partial charge in [0.15, 0.2) is 0 Å². The molecule has 3 rings (SSSR count). The molecule has 1 aliphatic heterocycles. The number of carbonyl (C=O) groups is 1. The van der Waals surface area contributed by atoms with Crippen molar-refractivity contribution in [2.45, 2.75) is 0 Å². The molecular formula is C17H17N3O4. The Labute approximate surface area is 138 Å². The molecule has 1 saturated heterocycles. The van der Waals surface area contributed by atoms with Crippen LogP contribution in [0, 0.1) is 10.1 Å². The van der Waals surface area contributed by atoms with Crippen molar-refractivity contribution in [2.24, 2.45) is 0 Å². The van der Waals surface area contributed by atoms with Crippen LogP contribution in [-0.4, -0.2) is 42.2 Å². The first-order valence-corrected chi connectivity index (χ1v) is 7.63. The van der Waals surface area contributed by atoms with Gasteiger partial charge in [0, 0.05) is 37.9 Å². The smallest absolute Gasteiger partial charge is 0.335 e. The highest BCUT2D eigenvalue weighted by molar-refractivity contribution is 5.89. The number of nitro groups is 1. The van der Waals surface area contributed by atoms with Crippen LogP contribution in [0.1, 0.15) is 10.4 Å². The van der Waals surface area contributed by atoms with Gasteiger partial charge >= 0.3 is 5.97 Å². The summed E-state index contributed by atoms with van der Waals surface area (Å²) >= 11 is 0. The molecule has 0 spiro atoms. The van der Waals surface area contributed by atoms with Gasteiger partial charge in [-0.3, -0.25) is 10.1 Å². The molecule has 1 N–H and O–H groups in total. The van der Waals surface area contributed by atoms with Crippen molar-refractivity contribution in [2.75, 3.05) is 36.0 Å². The van der Waals surface area contributed by atoms with Gasteiger partial charge in [-0.2, -0.15) is 0 Å². The first kappa shape index (κ1) is 15.8. The maximum Gasteiger partial charge on any atom is 0.335 e. The Morgan fingerprint density at radius 2 is 1.62 bits per heavy atom. The van der Waals surface area contributed by atoms with Crippen LogP contribution in [0.3, 0.4) is 0 Å². The van der Waals surface area contributed by atoms with Gasteiger partial charge in [0.2, 0.25) is 0 Å². The van der Waals surface area contributed by atoms with E-state index in [9.17, 15) is 14.9 Å². The van der Waals surface area contributed by atoms with Crippen molar-refractivity contribution in [1.29, 1.82) is 0 Å². The van der Waals surface area contributed by atoms with Crippen molar-refractivity contribution in [3.63, 3.8) is 0 Å². The predicted molar refractivity (Wildman–Crippen MR) is 90.9 cm³/mol. The third kappa shape index (κ3) is 3.15. The number of rotatable bonds is 4. The van der Waals surface area contributed by atoms with E-state index in [1.165, 1.54) is 12.1 Å². The second kappa shape index (κ2) is 6.57. The van der Waals surface area contributed by atoms with Gasteiger partial charge in [0.1, 0.15) is 5.69 Å². The zero-order chi connectivity index (χ0) is 17.1. The van der Waals surface area contributed by atoms with Crippen LogP contribution in [0.2, 0.25) is 0 Å². The number of para-hydroxylation sites is 1. The van der Waals surface area contributed by atoms with E-state index >= 15 is 0 Å². The monoisotopic (exact) mass is 327 g/mol. The normalized spacial score (nSPS) is 14.5. The third-order valence-electron chi connectivity index (χ3n) is 4.16. The molecule has 0 saturated carbocycles. The Kier molecular flexibility index (Phi) is 4.33. The molecule has 0 atom stereocenters. The van der Waals surface area contributed by atoms with Gasteiger partial charge in [-0.25, -0.2) is 4.79 Å². The van der Waals surface area contributed by atoms with Crippen LogP contribution < -0.4 is 9.80 Å². The maximum absolute atomic E-state index is 11.3. The zero-order valence-corrected chi connectivity index (χ0v) is 13.0. The van der Waals surface area contributed by atoms with Gasteiger partial charge in [0.25, 0.3) is 5.69 Å². The van der Waals surface area contributed by atoms with E-state index in [0.717, 1.165) is 24.8 Å². The highest BCUT2D eigenvalue weighted by atomic mass is 16.6. The fourth-order valence-corrected chi connectivity index (χ4v) is 2.91. The molecule has 0 unspecified atom stereocenters. The molecule has 1 fully saturated rings. The highest BCUT2D eigenvalue weighted by Crippen LogP contribution is 2.30. The van der Waals surface area contributed by atoms with E-state index < -0.39 is 10.9 Å². The lowest BCUT2D eigenvalue weighted by molar-refractivity contribution is -0.384. The largest absolute Gasteiger partial charge is 0.478 e. The number of nitrogens with zero attached hydrogens (tertiary/aromatic N) is 3. The molecule has 1 aliphatic rings. The quantitative estimate of drug-likeness (QED) is 0.686. The van der Waals surface area contributed by atoms with Gasteiger partial charge in [-0.15, -0.1) is 0 Å². The van der Waals surface area contributed by atoms with Gasteiger partial charge in [-0.05, 0) is 24.3 Å². The van der Waals surface area contributed by atoms with E-state index in [1.807, 2.05) is 35.2 Å². The molecule has 2 aromatic rings. The van der Waals surface area contributed by atoms with Crippen LogP contribution in [0.4, 0.5) is 17.1 Å². The lowest BCUT2D eigenvalue weighted by atomic mass is 10.1. The fraction of sp³-hybridized carbons (Fsp3) is 0.235. The Balaban J connectivity index is 1.79. The first-order valence-electron chi connectivity index (χ1n) is 7.63. The molecule has 7 nitrogen and oxygen atoms in total. The minimum atomic E-state index is -1.17. The molecule has 2 aromatic carbocycles. The van der Waals surface area contributed by atoms with E-state index in [4.69, 9.17) is 5.11 Å². The van der Waals surface area contributed by atoms with Crippen molar-refractivity contribution in [3.05, 3.63) is 64.2 Å². The number of piperazine rings is 1. The number of hydrogen-bond acceptors (Lipinski definition) is 5. The molecular weight excluding hydrogens is 310 g/mol. The highest BCUT2D eigenvalue weighted by Gasteiger charge is 2.25. The summed E-state index contributed by atoms with van der Waals surface area (Å²) in [5, 5.41) is 20.3. The number of nitro benzene ring substituents is 1. The summed E-state index contributed by atoms with van der Waals surface area (Å²) in [5.74, 6) is -1.17. The minimum absolute atomic E-state index is 0.0756. The van der Waals surface area contributed by atoms with Crippen molar-refractivity contribution in [1.82, 2.24) is 0 Å². The number of benzene rings is 2. The molecule has 0 aliphatic carbocycles. The molecule has 0 aromatic heterocycles. The Morgan fingerprint density at radius 3 is 2.21 bits per heavy atom. The van der Waals surface area contributed by atoms with E-state index in [1.54, 1.807) is 0 Å². The summed E-state index contributed by atoms with van der Waals surface area (Å²) < 4.78 is 0. The molecule has 0 amide bonds. The average Bonchev–Trinajstić information content (AvgIpc) is 2.62. The van der Waals surface area contributed by atoms with Crippen LogP contribution in [0.25, 0.3) is 0 Å².